The highest BCUT2D eigenvalue weighted by atomic mass is 19.1. The Morgan fingerprint density at radius 2 is 1.85 bits per heavy atom. The summed E-state index contributed by atoms with van der Waals surface area (Å²) in [5, 5.41) is 19.2. The summed E-state index contributed by atoms with van der Waals surface area (Å²) in [7, 11) is 0. The fraction of sp³-hybridized carbons (Fsp3) is 0.167. The molecule has 8 heteroatoms. The highest BCUT2D eigenvalue weighted by Crippen LogP contribution is 2.24. The summed E-state index contributed by atoms with van der Waals surface area (Å²) < 4.78 is 22.8. The van der Waals surface area contributed by atoms with Gasteiger partial charge in [0.1, 0.15) is 17.1 Å². The van der Waals surface area contributed by atoms with Crippen molar-refractivity contribution >= 4 is 23.5 Å². The molecule has 0 bridgehead atoms. The first-order valence-corrected chi connectivity index (χ1v) is 7.54. The van der Waals surface area contributed by atoms with E-state index in [2.05, 4.69) is 4.74 Å². The monoisotopic (exact) mass is 362 g/mol. The van der Waals surface area contributed by atoms with E-state index in [0.717, 1.165) is 6.07 Å². The zero-order valence-corrected chi connectivity index (χ0v) is 13.7. The summed E-state index contributed by atoms with van der Waals surface area (Å²) in [5.41, 5.74) is 0.355. The van der Waals surface area contributed by atoms with Gasteiger partial charge in [-0.2, -0.15) is 0 Å². The second-order valence-electron chi connectivity index (χ2n) is 5.17. The Morgan fingerprint density at radius 1 is 1.19 bits per heavy atom. The van der Waals surface area contributed by atoms with E-state index in [1.54, 1.807) is 0 Å². The van der Waals surface area contributed by atoms with Gasteiger partial charge in [0.2, 0.25) is 0 Å². The molecule has 0 saturated heterocycles. The quantitative estimate of drug-likeness (QED) is 0.337. The molecule has 0 saturated carbocycles. The maximum Gasteiger partial charge on any atom is 0.379 e. The van der Waals surface area contributed by atoms with E-state index in [-0.39, 0.29) is 30.1 Å². The van der Waals surface area contributed by atoms with Crippen LogP contribution in [0.3, 0.4) is 0 Å². The van der Waals surface area contributed by atoms with Crippen molar-refractivity contribution in [1.82, 2.24) is 0 Å². The van der Waals surface area contributed by atoms with Crippen LogP contribution in [0.25, 0.3) is 5.76 Å². The molecule has 0 unspecified atom stereocenters. The van der Waals surface area contributed by atoms with Gasteiger partial charge in [-0.3, -0.25) is 4.79 Å². The predicted molar refractivity (Wildman–Crippen MR) is 87.1 cm³/mol. The maximum absolute atomic E-state index is 13.0. The van der Waals surface area contributed by atoms with Crippen LogP contribution in [-0.2, 0) is 20.7 Å². The molecule has 1 aromatic heterocycles. The van der Waals surface area contributed by atoms with E-state index in [1.165, 1.54) is 31.2 Å². The van der Waals surface area contributed by atoms with Crippen LogP contribution in [0, 0.1) is 5.82 Å². The number of hydrogen-bond donors (Lipinski definition) is 2. The smallest absolute Gasteiger partial charge is 0.379 e. The molecule has 0 aliphatic rings. The minimum absolute atomic E-state index is 0.00245. The molecule has 2 aromatic rings. The number of carboxylic acid groups (broad SMARTS) is 1. The molecule has 136 valence electrons. The summed E-state index contributed by atoms with van der Waals surface area (Å²) in [5.74, 6) is -5.02. The number of furan rings is 1. The van der Waals surface area contributed by atoms with Gasteiger partial charge in [-0.1, -0.05) is 12.1 Å². The Kier molecular flexibility index (Phi) is 5.90. The number of hydrogen-bond acceptors (Lipinski definition) is 6. The fourth-order valence-corrected chi connectivity index (χ4v) is 2.11. The van der Waals surface area contributed by atoms with E-state index < -0.39 is 29.3 Å². The average Bonchev–Trinajstić information content (AvgIpc) is 3.01. The average molecular weight is 362 g/mol. The second kappa shape index (κ2) is 8.11. The Balaban J connectivity index is 2.30. The Labute approximate surface area is 147 Å². The largest absolute Gasteiger partial charge is 0.504 e. The van der Waals surface area contributed by atoms with Crippen molar-refractivity contribution in [1.29, 1.82) is 0 Å². The van der Waals surface area contributed by atoms with E-state index in [1.807, 2.05) is 0 Å². The van der Waals surface area contributed by atoms with Crippen LogP contribution in [0.4, 0.5) is 4.39 Å². The summed E-state index contributed by atoms with van der Waals surface area (Å²) >= 11 is 0. The van der Waals surface area contributed by atoms with Gasteiger partial charge in [0, 0.05) is 18.6 Å². The zero-order chi connectivity index (χ0) is 19.3. The first kappa shape index (κ1) is 18.9. The normalized spacial score (nSPS) is 11.2. The van der Waals surface area contributed by atoms with Crippen molar-refractivity contribution in [2.45, 2.75) is 13.3 Å². The summed E-state index contributed by atoms with van der Waals surface area (Å²) in [6.45, 7) is 1.51. The first-order valence-electron chi connectivity index (χ1n) is 7.54. The van der Waals surface area contributed by atoms with E-state index in [4.69, 9.17) is 4.42 Å². The first-order chi connectivity index (χ1) is 12.3. The van der Waals surface area contributed by atoms with Crippen molar-refractivity contribution < 1.29 is 38.1 Å². The van der Waals surface area contributed by atoms with Gasteiger partial charge in [0.25, 0.3) is 5.78 Å². The van der Waals surface area contributed by atoms with Crippen molar-refractivity contribution in [3.8, 4) is 0 Å². The van der Waals surface area contributed by atoms with Crippen LogP contribution >= 0.6 is 0 Å². The SMILES string of the molecule is CCOC(=O)C(=O)/C=C(\O)c1cc(C(=O)O)c(Cc2ccc(F)cc2)o1. The van der Waals surface area contributed by atoms with Gasteiger partial charge in [0.05, 0.1) is 6.61 Å². The number of ketones is 1. The lowest BCUT2D eigenvalue weighted by Gasteiger charge is -2.00. The molecular formula is C18H15FO7. The van der Waals surface area contributed by atoms with Crippen molar-refractivity contribution in [3.63, 3.8) is 0 Å². The Morgan fingerprint density at radius 3 is 2.42 bits per heavy atom. The van der Waals surface area contributed by atoms with Gasteiger partial charge in [-0.05, 0) is 24.6 Å². The molecule has 1 aromatic carbocycles. The molecule has 0 aliphatic carbocycles. The minimum Gasteiger partial charge on any atom is -0.504 e. The Hall–Kier alpha value is -3.42. The third-order valence-corrected chi connectivity index (χ3v) is 3.31. The van der Waals surface area contributed by atoms with Crippen LogP contribution in [0.15, 0.2) is 40.8 Å². The molecular weight excluding hydrogens is 347 g/mol. The molecule has 26 heavy (non-hydrogen) atoms. The van der Waals surface area contributed by atoms with Crippen LogP contribution in [0.2, 0.25) is 0 Å². The number of aliphatic hydroxyl groups is 1. The molecule has 0 aliphatic heterocycles. The lowest BCUT2D eigenvalue weighted by molar-refractivity contribution is -0.151. The number of halogens is 1. The molecule has 2 N–H and O–H groups in total. The van der Waals surface area contributed by atoms with E-state index in [9.17, 15) is 29.0 Å². The van der Waals surface area contributed by atoms with Gasteiger partial charge in [-0.15, -0.1) is 0 Å². The fourth-order valence-electron chi connectivity index (χ4n) is 2.11. The van der Waals surface area contributed by atoms with Gasteiger partial charge < -0.3 is 19.4 Å². The number of carbonyl (C=O) groups excluding carboxylic acids is 2. The summed E-state index contributed by atoms with van der Waals surface area (Å²) in [6, 6.07) is 6.39. The number of benzene rings is 1. The molecule has 0 atom stereocenters. The summed E-state index contributed by atoms with van der Waals surface area (Å²) in [6.07, 6.45) is 0.616. The lowest BCUT2D eigenvalue weighted by Crippen LogP contribution is -2.15. The van der Waals surface area contributed by atoms with Crippen molar-refractivity contribution in [2.75, 3.05) is 6.61 Å². The molecule has 7 nitrogen and oxygen atoms in total. The molecule has 0 spiro atoms. The lowest BCUT2D eigenvalue weighted by atomic mass is 10.1. The van der Waals surface area contributed by atoms with Crippen molar-refractivity contribution in [2.24, 2.45) is 0 Å². The number of aliphatic hydroxyl groups excluding tert-OH is 1. The number of carboxylic acids is 1. The number of aromatic carboxylic acids is 1. The Bertz CT molecular complexity index is 862. The number of rotatable bonds is 7. The van der Waals surface area contributed by atoms with Gasteiger partial charge >= 0.3 is 11.9 Å². The van der Waals surface area contributed by atoms with Crippen molar-refractivity contribution in [3.05, 3.63) is 64.9 Å². The third-order valence-electron chi connectivity index (χ3n) is 3.31. The van der Waals surface area contributed by atoms with Crippen LogP contribution in [-0.4, -0.2) is 34.5 Å². The number of esters is 1. The number of ether oxygens (including phenoxy) is 1. The molecule has 0 radical (unpaired) electrons. The standard InChI is InChI=1S/C18H15FO7/c1-2-25-18(24)14(21)9-13(20)16-8-12(17(22)23)15(26-16)7-10-3-5-11(19)6-4-10/h3-6,8-9,20H,2,7H2,1H3,(H,22,23)/b13-9-. The zero-order valence-electron chi connectivity index (χ0n) is 13.7. The maximum atomic E-state index is 13.0. The second-order valence-corrected chi connectivity index (χ2v) is 5.17. The summed E-state index contributed by atoms with van der Waals surface area (Å²) in [4.78, 5) is 34.2. The molecule has 1 heterocycles. The van der Waals surface area contributed by atoms with Crippen LogP contribution in [0.1, 0.15) is 34.4 Å². The predicted octanol–water partition coefficient (Wildman–Crippen LogP) is 2.74. The van der Waals surface area contributed by atoms with Gasteiger partial charge in [-0.25, -0.2) is 14.0 Å². The molecule has 0 fully saturated rings. The van der Waals surface area contributed by atoms with E-state index in [0.29, 0.717) is 11.6 Å². The molecule has 2 rings (SSSR count). The van der Waals surface area contributed by atoms with Crippen LogP contribution in [0.5, 0.6) is 0 Å². The minimum atomic E-state index is -1.30. The third kappa shape index (κ3) is 4.56. The number of carbonyl (C=O) groups is 3. The highest BCUT2D eigenvalue weighted by molar-refractivity contribution is 6.39. The van der Waals surface area contributed by atoms with E-state index >= 15 is 0 Å². The van der Waals surface area contributed by atoms with Gasteiger partial charge in [0.15, 0.2) is 11.5 Å². The molecule has 0 amide bonds. The topological polar surface area (TPSA) is 114 Å². The van der Waals surface area contributed by atoms with Crippen LogP contribution < -0.4 is 0 Å². The highest BCUT2D eigenvalue weighted by Gasteiger charge is 2.21.